The third kappa shape index (κ3) is 2.36. The van der Waals surface area contributed by atoms with Crippen LogP contribution in [0, 0.1) is 0 Å². The molecule has 0 saturated carbocycles. The predicted molar refractivity (Wildman–Crippen MR) is 120 cm³/mol. The SMILES string of the molecule is O=c1[nH]ccc2c3nc(-c4cccc5ccncc45)[nH]c3c3ccc(Br)cc3c12. The molecule has 6 rings (SSSR count). The number of hydrogen-bond acceptors (Lipinski definition) is 3. The summed E-state index contributed by atoms with van der Waals surface area (Å²) in [6.45, 7) is 0. The average molecular weight is 441 g/mol. The van der Waals surface area contributed by atoms with Crippen LogP contribution in [0.5, 0.6) is 0 Å². The van der Waals surface area contributed by atoms with E-state index in [-0.39, 0.29) is 5.56 Å². The number of pyridine rings is 2. The van der Waals surface area contributed by atoms with Crippen molar-refractivity contribution >= 4 is 59.3 Å². The Kier molecular flexibility index (Phi) is 3.40. The molecule has 0 spiro atoms. The maximum Gasteiger partial charge on any atom is 0.256 e. The Morgan fingerprint density at radius 2 is 1.86 bits per heavy atom. The van der Waals surface area contributed by atoms with Crippen LogP contribution < -0.4 is 5.56 Å². The zero-order valence-corrected chi connectivity index (χ0v) is 16.6. The van der Waals surface area contributed by atoms with Crippen LogP contribution in [0.25, 0.3) is 54.7 Å². The lowest BCUT2D eigenvalue weighted by atomic mass is 10.0. The summed E-state index contributed by atoms with van der Waals surface area (Å²) in [6.07, 6.45) is 5.32. The molecule has 6 heteroatoms. The summed E-state index contributed by atoms with van der Waals surface area (Å²) in [5.74, 6) is 0.760. The number of halogens is 1. The monoisotopic (exact) mass is 440 g/mol. The van der Waals surface area contributed by atoms with E-state index in [2.05, 4.69) is 36.9 Å². The van der Waals surface area contributed by atoms with Gasteiger partial charge in [0.15, 0.2) is 0 Å². The van der Waals surface area contributed by atoms with Gasteiger partial charge in [0, 0.05) is 44.8 Å². The summed E-state index contributed by atoms with van der Waals surface area (Å²) in [4.78, 5) is 28.2. The summed E-state index contributed by atoms with van der Waals surface area (Å²) < 4.78 is 0.925. The number of nitrogens with zero attached hydrogens (tertiary/aromatic N) is 2. The molecule has 3 aromatic heterocycles. The number of hydrogen-bond donors (Lipinski definition) is 2. The quantitative estimate of drug-likeness (QED) is 0.329. The van der Waals surface area contributed by atoms with Crippen LogP contribution in [0.1, 0.15) is 0 Å². The molecule has 0 unspecified atom stereocenters. The normalized spacial score (nSPS) is 11.8. The molecular weight excluding hydrogens is 428 g/mol. The largest absolute Gasteiger partial charge is 0.337 e. The summed E-state index contributed by atoms with van der Waals surface area (Å²) >= 11 is 3.53. The first kappa shape index (κ1) is 16.4. The number of rotatable bonds is 1. The summed E-state index contributed by atoms with van der Waals surface area (Å²) in [6, 6.07) is 16.0. The van der Waals surface area contributed by atoms with Gasteiger partial charge in [-0.2, -0.15) is 0 Å². The van der Waals surface area contributed by atoms with Crippen molar-refractivity contribution in [2.24, 2.45) is 0 Å². The van der Waals surface area contributed by atoms with Gasteiger partial charge in [-0.3, -0.25) is 9.78 Å². The zero-order valence-electron chi connectivity index (χ0n) is 15.0. The van der Waals surface area contributed by atoms with Gasteiger partial charge >= 0.3 is 0 Å². The average Bonchev–Trinajstić information content (AvgIpc) is 3.19. The van der Waals surface area contributed by atoms with Gasteiger partial charge in [0.2, 0.25) is 0 Å². The molecule has 0 radical (unpaired) electrons. The molecule has 0 aliphatic rings. The number of aromatic nitrogens is 4. The number of nitrogens with one attached hydrogen (secondary N) is 2. The van der Waals surface area contributed by atoms with Gasteiger partial charge in [-0.05, 0) is 35.0 Å². The smallest absolute Gasteiger partial charge is 0.256 e. The molecule has 3 heterocycles. The van der Waals surface area contributed by atoms with Gasteiger partial charge in [0.1, 0.15) is 5.82 Å². The van der Waals surface area contributed by atoms with Crippen molar-refractivity contribution in [3.05, 3.63) is 81.9 Å². The highest BCUT2D eigenvalue weighted by atomic mass is 79.9. The van der Waals surface area contributed by atoms with Crippen molar-refractivity contribution in [3.8, 4) is 11.4 Å². The molecule has 2 N–H and O–H groups in total. The standard InChI is InChI=1S/C23H13BrN4O/c24-13-4-5-14-17(10-13)19-16(7-9-26-23(19)29)21-20(14)27-22(28-21)15-3-1-2-12-6-8-25-11-18(12)15/h1-11H,(H,26,29)(H,27,28). The summed E-state index contributed by atoms with van der Waals surface area (Å²) in [5, 5.41) is 5.46. The Hall–Kier alpha value is -3.51. The summed E-state index contributed by atoms with van der Waals surface area (Å²) in [5.41, 5.74) is 2.57. The Balaban J connectivity index is 1.81. The Morgan fingerprint density at radius 1 is 0.931 bits per heavy atom. The number of imidazole rings is 1. The van der Waals surface area contributed by atoms with Crippen molar-refractivity contribution in [2.75, 3.05) is 0 Å². The molecule has 138 valence electrons. The van der Waals surface area contributed by atoms with Crippen molar-refractivity contribution < 1.29 is 0 Å². The minimum absolute atomic E-state index is 0.119. The number of aromatic amines is 2. The number of fused-ring (bicyclic) bond motifs is 7. The zero-order chi connectivity index (χ0) is 19.5. The van der Waals surface area contributed by atoms with Gasteiger partial charge in [-0.1, -0.05) is 40.2 Å². The second-order valence-electron chi connectivity index (χ2n) is 7.00. The van der Waals surface area contributed by atoms with E-state index in [4.69, 9.17) is 4.98 Å². The maximum atomic E-state index is 12.7. The molecule has 0 fully saturated rings. The lowest BCUT2D eigenvalue weighted by molar-refractivity contribution is 1.28. The van der Waals surface area contributed by atoms with Crippen molar-refractivity contribution in [1.29, 1.82) is 0 Å². The first-order chi connectivity index (χ1) is 14.2. The molecule has 0 amide bonds. The highest BCUT2D eigenvalue weighted by molar-refractivity contribution is 9.10. The molecule has 0 aliphatic carbocycles. The molecular formula is C23H13BrN4O. The van der Waals surface area contributed by atoms with E-state index in [1.54, 1.807) is 12.4 Å². The first-order valence-corrected chi connectivity index (χ1v) is 9.95. The van der Waals surface area contributed by atoms with Gasteiger partial charge in [-0.15, -0.1) is 0 Å². The third-order valence-electron chi connectivity index (χ3n) is 5.38. The van der Waals surface area contributed by atoms with Crippen LogP contribution in [0.2, 0.25) is 0 Å². The van der Waals surface area contributed by atoms with Gasteiger partial charge in [0.05, 0.1) is 16.4 Å². The molecule has 3 aromatic carbocycles. The fraction of sp³-hybridized carbons (Fsp3) is 0. The second-order valence-corrected chi connectivity index (χ2v) is 7.91. The lowest BCUT2D eigenvalue weighted by Crippen LogP contribution is -2.05. The van der Waals surface area contributed by atoms with Crippen LogP contribution in [-0.2, 0) is 0 Å². The number of benzene rings is 3. The molecule has 0 aliphatic heterocycles. The Labute approximate surface area is 172 Å². The fourth-order valence-electron chi connectivity index (χ4n) is 4.10. The van der Waals surface area contributed by atoms with Gasteiger partial charge in [0.25, 0.3) is 5.56 Å². The molecule has 0 atom stereocenters. The number of H-pyrrole nitrogens is 2. The van der Waals surface area contributed by atoms with Crippen molar-refractivity contribution in [1.82, 2.24) is 19.9 Å². The Bertz CT molecular complexity index is 1640. The third-order valence-corrected chi connectivity index (χ3v) is 5.87. The van der Waals surface area contributed by atoms with E-state index in [0.29, 0.717) is 5.39 Å². The summed E-state index contributed by atoms with van der Waals surface area (Å²) in [7, 11) is 0. The fourth-order valence-corrected chi connectivity index (χ4v) is 4.46. The maximum absolute atomic E-state index is 12.7. The second kappa shape index (κ2) is 5.99. The lowest BCUT2D eigenvalue weighted by Gasteiger charge is -2.05. The molecule has 29 heavy (non-hydrogen) atoms. The molecule has 6 aromatic rings. The van der Waals surface area contributed by atoms with Crippen LogP contribution in [0.4, 0.5) is 0 Å². The van der Waals surface area contributed by atoms with E-state index in [1.807, 2.05) is 48.7 Å². The van der Waals surface area contributed by atoms with Crippen molar-refractivity contribution in [2.45, 2.75) is 0 Å². The molecule has 0 saturated heterocycles. The molecule has 5 nitrogen and oxygen atoms in total. The van der Waals surface area contributed by atoms with E-state index >= 15 is 0 Å². The predicted octanol–water partition coefficient (Wildman–Crippen LogP) is 5.54. The van der Waals surface area contributed by atoms with Crippen LogP contribution in [0.3, 0.4) is 0 Å². The van der Waals surface area contributed by atoms with Gasteiger partial charge < -0.3 is 9.97 Å². The minimum atomic E-state index is -0.119. The van der Waals surface area contributed by atoms with Crippen LogP contribution in [-0.4, -0.2) is 19.9 Å². The van der Waals surface area contributed by atoms with E-state index in [9.17, 15) is 4.79 Å². The van der Waals surface area contributed by atoms with E-state index in [1.165, 1.54) is 0 Å². The van der Waals surface area contributed by atoms with Gasteiger partial charge in [-0.25, -0.2) is 4.98 Å². The van der Waals surface area contributed by atoms with E-state index < -0.39 is 0 Å². The first-order valence-electron chi connectivity index (χ1n) is 9.16. The van der Waals surface area contributed by atoms with Crippen molar-refractivity contribution in [3.63, 3.8) is 0 Å². The highest BCUT2D eigenvalue weighted by Gasteiger charge is 2.16. The molecule has 0 bridgehead atoms. The highest BCUT2D eigenvalue weighted by Crippen LogP contribution is 2.36. The minimum Gasteiger partial charge on any atom is -0.337 e. The van der Waals surface area contributed by atoms with Crippen LogP contribution in [0.15, 0.2) is 76.4 Å². The van der Waals surface area contributed by atoms with E-state index in [0.717, 1.165) is 53.8 Å². The van der Waals surface area contributed by atoms with Crippen LogP contribution >= 0.6 is 15.9 Å². The Morgan fingerprint density at radius 3 is 2.79 bits per heavy atom. The topological polar surface area (TPSA) is 74.4 Å².